The summed E-state index contributed by atoms with van der Waals surface area (Å²) in [5.74, 6) is -0.320. The van der Waals surface area contributed by atoms with Crippen LogP contribution in [0.25, 0.3) is 0 Å². The van der Waals surface area contributed by atoms with Crippen LogP contribution in [0.4, 0.5) is 5.69 Å². The molecule has 0 fully saturated rings. The maximum atomic E-state index is 12.5. The number of halogens is 1. The number of para-hydroxylation sites is 1. The number of ether oxygens (including phenoxy) is 1. The first-order valence-electron chi connectivity index (χ1n) is 7.51. The van der Waals surface area contributed by atoms with E-state index in [4.69, 9.17) is 16.3 Å². The average Bonchev–Trinajstić information content (AvgIpc) is 2.55. The van der Waals surface area contributed by atoms with Crippen molar-refractivity contribution in [1.82, 2.24) is 4.72 Å². The normalized spacial score (nSPS) is 11.4. The number of benzene rings is 2. The highest BCUT2D eigenvalue weighted by Crippen LogP contribution is 2.26. The molecule has 6 nitrogen and oxygen atoms in total. The molecule has 0 aromatic heterocycles. The fourth-order valence-electron chi connectivity index (χ4n) is 2.16. The van der Waals surface area contributed by atoms with E-state index in [1.54, 1.807) is 38.1 Å². The van der Waals surface area contributed by atoms with E-state index < -0.39 is 15.9 Å². The van der Waals surface area contributed by atoms with Gasteiger partial charge in [0.05, 0.1) is 17.8 Å². The molecule has 2 N–H and O–H groups in total. The minimum Gasteiger partial charge on any atom is -0.495 e. The van der Waals surface area contributed by atoms with E-state index >= 15 is 0 Å². The van der Waals surface area contributed by atoms with Gasteiger partial charge in [0.2, 0.25) is 10.0 Å². The number of amides is 1. The smallest absolute Gasteiger partial charge is 0.255 e. The minimum atomic E-state index is -3.82. The van der Waals surface area contributed by atoms with Crippen molar-refractivity contribution >= 4 is 33.2 Å². The number of rotatable bonds is 6. The second-order valence-corrected chi connectivity index (χ2v) is 7.67. The molecule has 2 aromatic rings. The molecule has 0 saturated carbocycles. The van der Waals surface area contributed by atoms with Crippen LogP contribution in [0.15, 0.2) is 47.4 Å². The molecule has 0 aliphatic rings. The molecule has 2 rings (SSSR count). The average molecular weight is 383 g/mol. The molecule has 0 radical (unpaired) electrons. The van der Waals surface area contributed by atoms with Crippen LogP contribution >= 0.6 is 11.6 Å². The number of carbonyl (C=O) groups is 1. The quantitative estimate of drug-likeness (QED) is 0.802. The van der Waals surface area contributed by atoms with Gasteiger partial charge < -0.3 is 10.1 Å². The van der Waals surface area contributed by atoms with Crippen LogP contribution in [-0.2, 0) is 10.0 Å². The number of hydrogen-bond acceptors (Lipinski definition) is 4. The second-order valence-electron chi connectivity index (χ2n) is 5.58. The van der Waals surface area contributed by atoms with Gasteiger partial charge in [-0.15, -0.1) is 0 Å². The predicted molar refractivity (Wildman–Crippen MR) is 97.9 cm³/mol. The second kappa shape index (κ2) is 7.86. The first-order valence-corrected chi connectivity index (χ1v) is 9.37. The fraction of sp³-hybridized carbons (Fsp3) is 0.235. The van der Waals surface area contributed by atoms with Gasteiger partial charge in [-0.2, -0.15) is 0 Å². The highest BCUT2D eigenvalue weighted by Gasteiger charge is 2.22. The molecule has 0 unspecified atom stereocenters. The molecule has 0 aliphatic carbocycles. The van der Waals surface area contributed by atoms with Crippen molar-refractivity contribution in [1.29, 1.82) is 0 Å². The van der Waals surface area contributed by atoms with E-state index in [-0.39, 0.29) is 22.3 Å². The molecule has 0 saturated heterocycles. The Morgan fingerprint density at radius 2 is 1.84 bits per heavy atom. The van der Waals surface area contributed by atoms with Crippen LogP contribution in [0.2, 0.25) is 5.02 Å². The maximum Gasteiger partial charge on any atom is 0.255 e. The monoisotopic (exact) mass is 382 g/mol. The van der Waals surface area contributed by atoms with E-state index in [1.165, 1.54) is 25.3 Å². The van der Waals surface area contributed by atoms with Crippen LogP contribution in [0.5, 0.6) is 5.75 Å². The van der Waals surface area contributed by atoms with Crippen molar-refractivity contribution in [2.75, 3.05) is 12.4 Å². The Balaban J connectivity index is 2.38. The number of carbonyl (C=O) groups excluding carboxylic acids is 1. The van der Waals surface area contributed by atoms with Crippen LogP contribution in [-0.4, -0.2) is 27.5 Å². The van der Waals surface area contributed by atoms with E-state index in [9.17, 15) is 13.2 Å². The third-order valence-electron chi connectivity index (χ3n) is 3.23. The number of hydrogen-bond donors (Lipinski definition) is 2. The number of methoxy groups -OCH3 is 1. The highest BCUT2D eigenvalue weighted by molar-refractivity contribution is 7.89. The van der Waals surface area contributed by atoms with Gasteiger partial charge in [-0.25, -0.2) is 13.1 Å². The first kappa shape index (κ1) is 19.2. The molecule has 8 heteroatoms. The Bertz CT molecular complexity index is 882. The summed E-state index contributed by atoms with van der Waals surface area (Å²) < 4.78 is 32.5. The summed E-state index contributed by atoms with van der Waals surface area (Å²) >= 11 is 6.02. The molecular weight excluding hydrogens is 364 g/mol. The maximum absolute atomic E-state index is 12.5. The minimum absolute atomic E-state index is 0.101. The van der Waals surface area contributed by atoms with Crippen LogP contribution in [0.3, 0.4) is 0 Å². The largest absolute Gasteiger partial charge is 0.495 e. The van der Waals surface area contributed by atoms with Gasteiger partial charge in [-0.1, -0.05) is 23.7 Å². The zero-order valence-corrected chi connectivity index (χ0v) is 15.6. The molecule has 0 heterocycles. The van der Waals surface area contributed by atoms with Crippen molar-refractivity contribution in [3.8, 4) is 5.75 Å². The Morgan fingerprint density at radius 1 is 1.16 bits per heavy atom. The van der Waals surface area contributed by atoms with E-state index in [1.807, 2.05) is 0 Å². The molecule has 1 amide bonds. The molecule has 134 valence electrons. The summed E-state index contributed by atoms with van der Waals surface area (Å²) in [5, 5.41) is 3.04. The van der Waals surface area contributed by atoms with Gasteiger partial charge >= 0.3 is 0 Å². The fourth-order valence-corrected chi connectivity index (χ4v) is 3.79. The zero-order chi connectivity index (χ0) is 18.6. The first-order chi connectivity index (χ1) is 11.7. The predicted octanol–water partition coefficient (Wildman–Crippen LogP) is 3.29. The Hall–Kier alpha value is -2.09. The molecule has 0 bridgehead atoms. The summed E-state index contributed by atoms with van der Waals surface area (Å²) in [6.07, 6.45) is 0. The molecule has 0 atom stereocenters. The third-order valence-corrected chi connectivity index (χ3v) is 5.24. The van der Waals surface area contributed by atoms with Crippen molar-refractivity contribution in [3.63, 3.8) is 0 Å². The zero-order valence-electron chi connectivity index (χ0n) is 14.0. The Kier molecular flexibility index (Phi) is 6.05. The topological polar surface area (TPSA) is 84.5 Å². The Morgan fingerprint density at radius 3 is 2.44 bits per heavy atom. The Labute approximate surface area is 152 Å². The number of sulfonamides is 1. The van der Waals surface area contributed by atoms with Gasteiger partial charge in [0.1, 0.15) is 10.6 Å². The molecule has 0 spiro atoms. The summed E-state index contributed by atoms with van der Waals surface area (Å²) in [6, 6.07) is 10.7. The molecule has 25 heavy (non-hydrogen) atoms. The SMILES string of the molecule is COc1ccc(C(=O)Nc2ccccc2Cl)cc1S(=O)(=O)NC(C)C. The van der Waals surface area contributed by atoms with Crippen LogP contribution < -0.4 is 14.8 Å². The van der Waals surface area contributed by atoms with Crippen LogP contribution in [0, 0.1) is 0 Å². The van der Waals surface area contributed by atoms with E-state index in [0.717, 1.165) is 0 Å². The van der Waals surface area contributed by atoms with Crippen molar-refractivity contribution in [3.05, 3.63) is 53.1 Å². The lowest BCUT2D eigenvalue weighted by atomic mass is 10.2. The summed E-state index contributed by atoms with van der Waals surface area (Å²) in [7, 11) is -2.45. The third kappa shape index (κ3) is 4.72. The molecule has 2 aromatic carbocycles. The van der Waals surface area contributed by atoms with Crippen LogP contribution in [0.1, 0.15) is 24.2 Å². The highest BCUT2D eigenvalue weighted by atomic mass is 35.5. The van der Waals surface area contributed by atoms with Gasteiger partial charge in [0.25, 0.3) is 5.91 Å². The van der Waals surface area contributed by atoms with E-state index in [2.05, 4.69) is 10.0 Å². The number of anilines is 1. The van der Waals surface area contributed by atoms with Crippen molar-refractivity contribution < 1.29 is 17.9 Å². The van der Waals surface area contributed by atoms with Gasteiger partial charge in [0.15, 0.2) is 0 Å². The lowest BCUT2D eigenvalue weighted by molar-refractivity contribution is 0.102. The summed E-state index contributed by atoms with van der Waals surface area (Å²) in [5.41, 5.74) is 0.611. The van der Waals surface area contributed by atoms with Crippen molar-refractivity contribution in [2.24, 2.45) is 0 Å². The van der Waals surface area contributed by atoms with Gasteiger partial charge in [-0.3, -0.25) is 4.79 Å². The van der Waals surface area contributed by atoms with Gasteiger partial charge in [-0.05, 0) is 44.2 Å². The molecular formula is C17H19ClN2O4S. The van der Waals surface area contributed by atoms with Crippen molar-refractivity contribution in [2.45, 2.75) is 24.8 Å². The standard InChI is InChI=1S/C17H19ClN2O4S/c1-11(2)20-25(22,23)16-10-12(8-9-15(16)24-3)17(21)19-14-7-5-4-6-13(14)18/h4-11,20H,1-3H3,(H,19,21). The van der Waals surface area contributed by atoms with E-state index in [0.29, 0.717) is 10.7 Å². The van der Waals surface area contributed by atoms with Gasteiger partial charge in [0, 0.05) is 11.6 Å². The lowest BCUT2D eigenvalue weighted by Gasteiger charge is -2.14. The number of nitrogens with one attached hydrogen (secondary N) is 2. The summed E-state index contributed by atoms with van der Waals surface area (Å²) in [6.45, 7) is 3.41. The lowest BCUT2D eigenvalue weighted by Crippen LogP contribution is -2.30. The molecule has 0 aliphatic heterocycles. The summed E-state index contributed by atoms with van der Waals surface area (Å²) in [4.78, 5) is 12.3.